The number of benzene rings is 1. The maximum atomic E-state index is 13.5. The summed E-state index contributed by atoms with van der Waals surface area (Å²) in [6.45, 7) is 2.19. The normalized spacial score (nSPS) is 22.1. The number of nitrogens with zero attached hydrogens (tertiary/aromatic N) is 3. The summed E-state index contributed by atoms with van der Waals surface area (Å²) in [6, 6.07) is 14.0. The minimum Gasteiger partial charge on any atom is -0.340 e. The second kappa shape index (κ2) is 8.13. The highest BCUT2D eigenvalue weighted by atomic mass is 16.2. The lowest BCUT2D eigenvalue weighted by molar-refractivity contribution is -0.155. The molecule has 28 heavy (non-hydrogen) atoms. The van der Waals surface area contributed by atoms with Crippen molar-refractivity contribution in [2.75, 3.05) is 19.6 Å². The van der Waals surface area contributed by atoms with Crippen LogP contribution in [0.4, 0.5) is 0 Å². The SMILES string of the molecule is O=C(Cc1cccnc1)N1CCCC12CCCN(CCc1ccccc1)C2=O. The molecule has 1 aromatic heterocycles. The van der Waals surface area contributed by atoms with E-state index in [4.69, 9.17) is 0 Å². The Balaban J connectivity index is 1.47. The number of piperidine rings is 1. The molecule has 4 rings (SSSR count). The summed E-state index contributed by atoms with van der Waals surface area (Å²) < 4.78 is 0. The van der Waals surface area contributed by atoms with Gasteiger partial charge in [-0.1, -0.05) is 36.4 Å². The van der Waals surface area contributed by atoms with E-state index in [9.17, 15) is 9.59 Å². The minimum atomic E-state index is -0.631. The van der Waals surface area contributed by atoms with Crippen molar-refractivity contribution >= 4 is 11.8 Å². The van der Waals surface area contributed by atoms with Gasteiger partial charge in [-0.2, -0.15) is 0 Å². The molecule has 5 nitrogen and oxygen atoms in total. The zero-order valence-corrected chi connectivity index (χ0v) is 16.2. The second-order valence-corrected chi connectivity index (χ2v) is 7.85. The Labute approximate surface area is 166 Å². The average Bonchev–Trinajstić information content (AvgIpc) is 3.15. The fourth-order valence-corrected chi connectivity index (χ4v) is 4.68. The summed E-state index contributed by atoms with van der Waals surface area (Å²) in [6.07, 6.45) is 8.03. The van der Waals surface area contributed by atoms with Crippen molar-refractivity contribution in [1.82, 2.24) is 14.8 Å². The van der Waals surface area contributed by atoms with Gasteiger partial charge >= 0.3 is 0 Å². The van der Waals surface area contributed by atoms with E-state index in [2.05, 4.69) is 17.1 Å². The van der Waals surface area contributed by atoms with Gasteiger partial charge in [0.25, 0.3) is 0 Å². The molecule has 1 aromatic carbocycles. The number of carbonyl (C=O) groups is 2. The van der Waals surface area contributed by atoms with E-state index in [0.29, 0.717) is 13.0 Å². The quantitative estimate of drug-likeness (QED) is 0.805. The number of carbonyl (C=O) groups excluding carboxylic acids is 2. The number of pyridine rings is 1. The van der Waals surface area contributed by atoms with Crippen LogP contribution >= 0.6 is 0 Å². The molecule has 0 bridgehead atoms. The Morgan fingerprint density at radius 1 is 1.00 bits per heavy atom. The van der Waals surface area contributed by atoms with Crippen LogP contribution in [0.1, 0.15) is 36.8 Å². The second-order valence-electron chi connectivity index (χ2n) is 7.85. The lowest BCUT2D eigenvalue weighted by atomic mass is 9.85. The van der Waals surface area contributed by atoms with Gasteiger partial charge in [0.15, 0.2) is 0 Å². The monoisotopic (exact) mass is 377 g/mol. The van der Waals surface area contributed by atoms with E-state index in [-0.39, 0.29) is 11.8 Å². The number of hydrogen-bond donors (Lipinski definition) is 0. The zero-order valence-electron chi connectivity index (χ0n) is 16.2. The van der Waals surface area contributed by atoms with Gasteiger partial charge in [0.2, 0.25) is 11.8 Å². The Hall–Kier alpha value is -2.69. The average molecular weight is 377 g/mol. The van der Waals surface area contributed by atoms with E-state index in [1.165, 1.54) is 5.56 Å². The molecule has 2 fully saturated rings. The van der Waals surface area contributed by atoms with Gasteiger partial charge in [0.1, 0.15) is 5.54 Å². The van der Waals surface area contributed by atoms with Crippen molar-refractivity contribution in [3.63, 3.8) is 0 Å². The largest absolute Gasteiger partial charge is 0.340 e. The molecule has 5 heteroatoms. The van der Waals surface area contributed by atoms with Crippen LogP contribution in [0.2, 0.25) is 0 Å². The predicted molar refractivity (Wildman–Crippen MR) is 108 cm³/mol. The highest BCUT2D eigenvalue weighted by Gasteiger charge is 2.52. The van der Waals surface area contributed by atoms with Crippen LogP contribution in [0.15, 0.2) is 54.9 Å². The third kappa shape index (κ3) is 3.66. The molecule has 2 aromatic rings. The molecule has 2 amide bonds. The van der Waals surface area contributed by atoms with E-state index in [1.54, 1.807) is 12.4 Å². The first kappa shape index (κ1) is 18.7. The van der Waals surface area contributed by atoms with Gasteiger partial charge in [-0.25, -0.2) is 0 Å². The lowest BCUT2D eigenvalue weighted by Crippen LogP contribution is -2.61. The van der Waals surface area contributed by atoms with Crippen molar-refractivity contribution in [3.05, 3.63) is 66.0 Å². The first-order valence-corrected chi connectivity index (χ1v) is 10.2. The Bertz CT molecular complexity index is 824. The van der Waals surface area contributed by atoms with E-state index in [1.807, 2.05) is 40.1 Å². The summed E-state index contributed by atoms with van der Waals surface area (Å²) in [4.78, 5) is 34.5. The Morgan fingerprint density at radius 3 is 2.50 bits per heavy atom. The number of rotatable bonds is 5. The van der Waals surface area contributed by atoms with E-state index < -0.39 is 5.54 Å². The zero-order chi connectivity index (χ0) is 19.4. The number of likely N-dealkylation sites (tertiary alicyclic amines) is 2. The van der Waals surface area contributed by atoms with Crippen molar-refractivity contribution in [1.29, 1.82) is 0 Å². The molecular weight excluding hydrogens is 350 g/mol. The summed E-state index contributed by atoms with van der Waals surface area (Å²) in [5.41, 5.74) is 1.51. The first-order chi connectivity index (χ1) is 13.7. The van der Waals surface area contributed by atoms with Crippen molar-refractivity contribution in [2.45, 2.75) is 44.1 Å². The molecule has 1 spiro atoms. The summed E-state index contributed by atoms with van der Waals surface area (Å²) in [5, 5.41) is 0. The van der Waals surface area contributed by atoms with E-state index in [0.717, 1.165) is 50.8 Å². The molecule has 2 aliphatic rings. The summed E-state index contributed by atoms with van der Waals surface area (Å²) in [5.74, 6) is 0.190. The molecule has 0 aliphatic carbocycles. The van der Waals surface area contributed by atoms with Gasteiger partial charge < -0.3 is 9.80 Å². The highest BCUT2D eigenvalue weighted by molar-refractivity contribution is 5.93. The molecule has 0 N–H and O–H groups in total. The maximum Gasteiger partial charge on any atom is 0.248 e. The molecule has 1 atom stereocenters. The van der Waals surface area contributed by atoms with Crippen LogP contribution in [0.5, 0.6) is 0 Å². The predicted octanol–water partition coefficient (Wildman–Crippen LogP) is 2.85. The Kier molecular flexibility index (Phi) is 5.42. The standard InChI is InChI=1S/C23H27N3O2/c27-21(17-20-9-4-13-24-18-20)26-15-6-12-23(26)11-5-14-25(22(23)28)16-10-19-7-2-1-3-8-19/h1-4,7-9,13,18H,5-6,10-12,14-17H2. The topological polar surface area (TPSA) is 53.5 Å². The smallest absolute Gasteiger partial charge is 0.248 e. The fraction of sp³-hybridized carbons (Fsp3) is 0.435. The molecule has 146 valence electrons. The molecule has 0 saturated carbocycles. The van der Waals surface area contributed by atoms with Crippen LogP contribution in [0, 0.1) is 0 Å². The maximum absolute atomic E-state index is 13.5. The number of amides is 2. The molecule has 2 aliphatic heterocycles. The summed E-state index contributed by atoms with van der Waals surface area (Å²) in [7, 11) is 0. The first-order valence-electron chi connectivity index (χ1n) is 10.2. The molecule has 2 saturated heterocycles. The van der Waals surface area contributed by atoms with Crippen LogP contribution in [-0.2, 0) is 22.4 Å². The molecule has 3 heterocycles. The minimum absolute atomic E-state index is 0.0451. The molecule has 0 radical (unpaired) electrons. The van der Waals surface area contributed by atoms with Gasteiger partial charge in [-0.05, 0) is 49.3 Å². The third-order valence-electron chi connectivity index (χ3n) is 6.08. The van der Waals surface area contributed by atoms with Crippen LogP contribution < -0.4 is 0 Å². The van der Waals surface area contributed by atoms with Gasteiger partial charge in [-0.15, -0.1) is 0 Å². The number of aromatic nitrogens is 1. The summed E-state index contributed by atoms with van der Waals surface area (Å²) >= 11 is 0. The highest BCUT2D eigenvalue weighted by Crippen LogP contribution is 2.38. The van der Waals surface area contributed by atoms with Crippen LogP contribution in [0.25, 0.3) is 0 Å². The van der Waals surface area contributed by atoms with E-state index >= 15 is 0 Å². The van der Waals surface area contributed by atoms with Crippen molar-refractivity contribution < 1.29 is 9.59 Å². The van der Waals surface area contributed by atoms with Crippen molar-refractivity contribution in [3.8, 4) is 0 Å². The van der Waals surface area contributed by atoms with Gasteiger partial charge in [0.05, 0.1) is 6.42 Å². The number of hydrogen-bond acceptors (Lipinski definition) is 3. The van der Waals surface area contributed by atoms with Crippen molar-refractivity contribution in [2.24, 2.45) is 0 Å². The third-order valence-corrected chi connectivity index (χ3v) is 6.08. The fourth-order valence-electron chi connectivity index (χ4n) is 4.68. The molecule has 1 unspecified atom stereocenters. The van der Waals surface area contributed by atoms with Crippen LogP contribution in [0.3, 0.4) is 0 Å². The van der Waals surface area contributed by atoms with Gasteiger partial charge in [-0.3, -0.25) is 14.6 Å². The Morgan fingerprint density at radius 2 is 1.75 bits per heavy atom. The van der Waals surface area contributed by atoms with Crippen LogP contribution in [-0.4, -0.2) is 51.8 Å². The van der Waals surface area contributed by atoms with Gasteiger partial charge in [0, 0.05) is 32.0 Å². The molecular formula is C23H27N3O2. The lowest BCUT2D eigenvalue weighted by Gasteiger charge is -2.44.